The third-order valence-corrected chi connectivity index (χ3v) is 5.88. The van der Waals surface area contributed by atoms with Crippen LogP contribution in [-0.4, -0.2) is 36.6 Å². The molecule has 1 aliphatic carbocycles. The Morgan fingerprint density at radius 3 is 2.68 bits per heavy atom. The standard InChI is InChI=1S/C17H34N2/c1-5-19-11-7-9-16(12-19)15(4)18-17-10-6-8-13(2)14(17)3/h13-18H,5-12H2,1-4H3. The van der Waals surface area contributed by atoms with Crippen molar-refractivity contribution in [2.75, 3.05) is 19.6 Å². The molecule has 2 fully saturated rings. The van der Waals surface area contributed by atoms with Crippen molar-refractivity contribution in [2.45, 2.75) is 71.9 Å². The molecule has 5 unspecified atom stereocenters. The van der Waals surface area contributed by atoms with Crippen molar-refractivity contribution in [3.05, 3.63) is 0 Å². The number of likely N-dealkylation sites (tertiary alicyclic amines) is 1. The normalized spacial score (nSPS) is 39.2. The van der Waals surface area contributed by atoms with Gasteiger partial charge >= 0.3 is 0 Å². The molecular formula is C17H34N2. The van der Waals surface area contributed by atoms with Crippen LogP contribution in [0.1, 0.15) is 59.8 Å². The third kappa shape index (κ3) is 3.95. The molecular weight excluding hydrogens is 232 g/mol. The molecule has 1 N–H and O–H groups in total. The van der Waals surface area contributed by atoms with Crippen LogP contribution in [0, 0.1) is 17.8 Å². The maximum atomic E-state index is 3.99. The summed E-state index contributed by atoms with van der Waals surface area (Å²) >= 11 is 0. The minimum Gasteiger partial charge on any atom is -0.311 e. The molecule has 0 bridgehead atoms. The van der Waals surface area contributed by atoms with Crippen LogP contribution in [0.4, 0.5) is 0 Å². The quantitative estimate of drug-likeness (QED) is 0.837. The van der Waals surface area contributed by atoms with Gasteiger partial charge in [0.2, 0.25) is 0 Å². The first kappa shape index (κ1) is 15.3. The summed E-state index contributed by atoms with van der Waals surface area (Å²) < 4.78 is 0. The molecule has 0 aromatic rings. The molecule has 2 rings (SSSR count). The van der Waals surface area contributed by atoms with Crippen LogP contribution in [0.5, 0.6) is 0 Å². The second-order valence-corrected chi connectivity index (χ2v) is 7.12. The van der Waals surface area contributed by atoms with Gasteiger partial charge in [-0.1, -0.05) is 33.6 Å². The minimum atomic E-state index is 0.687. The molecule has 0 aromatic heterocycles. The Kier molecular flexibility index (Phi) is 5.70. The Labute approximate surface area is 120 Å². The van der Waals surface area contributed by atoms with Crippen molar-refractivity contribution in [1.82, 2.24) is 10.2 Å². The molecule has 2 nitrogen and oxygen atoms in total. The fourth-order valence-electron chi connectivity index (χ4n) is 4.08. The molecule has 2 aliphatic rings. The van der Waals surface area contributed by atoms with E-state index in [-0.39, 0.29) is 0 Å². The van der Waals surface area contributed by atoms with E-state index in [0.717, 1.165) is 23.8 Å². The van der Waals surface area contributed by atoms with Crippen LogP contribution in [0.2, 0.25) is 0 Å². The molecule has 0 aromatic carbocycles. The summed E-state index contributed by atoms with van der Waals surface area (Å²) in [6.45, 7) is 13.5. The fraction of sp³-hybridized carbons (Fsp3) is 1.00. The molecule has 1 saturated carbocycles. The number of piperidine rings is 1. The molecule has 19 heavy (non-hydrogen) atoms. The van der Waals surface area contributed by atoms with E-state index in [1.807, 2.05) is 0 Å². The average Bonchev–Trinajstić information content (AvgIpc) is 2.44. The minimum absolute atomic E-state index is 0.687. The van der Waals surface area contributed by atoms with E-state index in [1.54, 1.807) is 0 Å². The first-order chi connectivity index (χ1) is 9.11. The highest BCUT2D eigenvalue weighted by atomic mass is 15.1. The number of nitrogens with one attached hydrogen (secondary N) is 1. The zero-order chi connectivity index (χ0) is 13.8. The summed E-state index contributed by atoms with van der Waals surface area (Å²) in [5.41, 5.74) is 0. The van der Waals surface area contributed by atoms with Gasteiger partial charge < -0.3 is 10.2 Å². The number of nitrogens with zero attached hydrogens (tertiary/aromatic N) is 1. The van der Waals surface area contributed by atoms with Gasteiger partial charge in [0.15, 0.2) is 0 Å². The highest BCUT2D eigenvalue weighted by Crippen LogP contribution is 2.30. The van der Waals surface area contributed by atoms with Crippen LogP contribution in [-0.2, 0) is 0 Å². The summed E-state index contributed by atoms with van der Waals surface area (Å²) in [6, 6.07) is 1.45. The monoisotopic (exact) mass is 266 g/mol. The van der Waals surface area contributed by atoms with Crippen LogP contribution in [0.15, 0.2) is 0 Å². The first-order valence-corrected chi connectivity index (χ1v) is 8.60. The van der Waals surface area contributed by atoms with E-state index in [2.05, 4.69) is 37.9 Å². The molecule has 2 heteroatoms. The third-order valence-electron chi connectivity index (χ3n) is 5.88. The van der Waals surface area contributed by atoms with Gasteiger partial charge in [0.25, 0.3) is 0 Å². The van der Waals surface area contributed by atoms with Crippen molar-refractivity contribution >= 4 is 0 Å². The van der Waals surface area contributed by atoms with E-state index >= 15 is 0 Å². The largest absolute Gasteiger partial charge is 0.311 e. The predicted molar refractivity (Wildman–Crippen MR) is 83.4 cm³/mol. The lowest BCUT2D eigenvalue weighted by Crippen LogP contribution is -2.50. The Balaban J connectivity index is 1.84. The zero-order valence-electron chi connectivity index (χ0n) is 13.5. The van der Waals surface area contributed by atoms with Gasteiger partial charge in [-0.05, 0) is 57.0 Å². The van der Waals surface area contributed by atoms with Crippen molar-refractivity contribution in [3.8, 4) is 0 Å². The Morgan fingerprint density at radius 2 is 1.95 bits per heavy atom. The predicted octanol–water partition coefficient (Wildman–Crippen LogP) is 3.52. The highest BCUT2D eigenvalue weighted by Gasteiger charge is 2.30. The molecule has 0 radical (unpaired) electrons. The van der Waals surface area contributed by atoms with E-state index in [0.29, 0.717) is 6.04 Å². The summed E-state index contributed by atoms with van der Waals surface area (Å²) in [5.74, 6) is 2.61. The Hall–Kier alpha value is -0.0800. The molecule has 5 atom stereocenters. The maximum absolute atomic E-state index is 3.99. The van der Waals surface area contributed by atoms with Gasteiger partial charge in [-0.25, -0.2) is 0 Å². The SMILES string of the molecule is CCN1CCCC(C(C)NC2CCCC(C)C2C)C1. The number of hydrogen-bond donors (Lipinski definition) is 1. The summed E-state index contributed by atoms with van der Waals surface area (Å²) in [7, 11) is 0. The summed E-state index contributed by atoms with van der Waals surface area (Å²) in [6.07, 6.45) is 7.05. The van der Waals surface area contributed by atoms with E-state index < -0.39 is 0 Å². The van der Waals surface area contributed by atoms with Gasteiger partial charge in [-0.2, -0.15) is 0 Å². The molecule has 112 valence electrons. The Morgan fingerprint density at radius 1 is 1.16 bits per heavy atom. The van der Waals surface area contributed by atoms with Crippen LogP contribution in [0.3, 0.4) is 0 Å². The van der Waals surface area contributed by atoms with Crippen LogP contribution < -0.4 is 5.32 Å². The van der Waals surface area contributed by atoms with E-state index in [4.69, 9.17) is 0 Å². The lowest BCUT2D eigenvalue weighted by atomic mass is 9.77. The van der Waals surface area contributed by atoms with Crippen molar-refractivity contribution in [2.24, 2.45) is 17.8 Å². The fourth-order valence-corrected chi connectivity index (χ4v) is 4.08. The molecule has 1 saturated heterocycles. The lowest BCUT2D eigenvalue weighted by Gasteiger charge is -2.41. The number of hydrogen-bond acceptors (Lipinski definition) is 2. The van der Waals surface area contributed by atoms with Gasteiger partial charge in [0.1, 0.15) is 0 Å². The van der Waals surface area contributed by atoms with Gasteiger partial charge in [-0.15, -0.1) is 0 Å². The summed E-state index contributed by atoms with van der Waals surface area (Å²) in [5, 5.41) is 3.99. The van der Waals surface area contributed by atoms with Gasteiger partial charge in [-0.3, -0.25) is 0 Å². The molecule has 0 amide bonds. The smallest absolute Gasteiger partial charge is 0.00978 e. The second kappa shape index (κ2) is 7.08. The average molecular weight is 266 g/mol. The van der Waals surface area contributed by atoms with E-state index in [1.165, 1.54) is 51.7 Å². The zero-order valence-corrected chi connectivity index (χ0v) is 13.5. The first-order valence-electron chi connectivity index (χ1n) is 8.60. The van der Waals surface area contributed by atoms with Crippen molar-refractivity contribution in [3.63, 3.8) is 0 Å². The van der Waals surface area contributed by atoms with Crippen molar-refractivity contribution in [1.29, 1.82) is 0 Å². The molecule has 1 heterocycles. The van der Waals surface area contributed by atoms with Gasteiger partial charge in [0, 0.05) is 18.6 Å². The highest BCUT2D eigenvalue weighted by molar-refractivity contribution is 4.87. The van der Waals surface area contributed by atoms with Crippen molar-refractivity contribution < 1.29 is 0 Å². The number of rotatable bonds is 4. The Bertz CT molecular complexity index is 266. The van der Waals surface area contributed by atoms with Crippen LogP contribution in [0.25, 0.3) is 0 Å². The maximum Gasteiger partial charge on any atom is 0.00978 e. The van der Waals surface area contributed by atoms with E-state index in [9.17, 15) is 0 Å². The van der Waals surface area contributed by atoms with Gasteiger partial charge in [0.05, 0.1) is 0 Å². The lowest BCUT2D eigenvalue weighted by molar-refractivity contribution is 0.130. The summed E-state index contributed by atoms with van der Waals surface area (Å²) in [4.78, 5) is 2.62. The van der Waals surface area contributed by atoms with Crippen LogP contribution >= 0.6 is 0 Å². The molecule has 0 spiro atoms. The second-order valence-electron chi connectivity index (χ2n) is 7.12. The topological polar surface area (TPSA) is 15.3 Å². The molecule has 1 aliphatic heterocycles.